The summed E-state index contributed by atoms with van der Waals surface area (Å²) in [6, 6.07) is -0.993. The van der Waals surface area contributed by atoms with Crippen LogP contribution in [-0.2, 0) is 9.53 Å². The topological polar surface area (TPSA) is 82.1 Å². The molecule has 0 aliphatic carbocycles. The van der Waals surface area contributed by atoms with E-state index in [4.69, 9.17) is 9.84 Å². The van der Waals surface area contributed by atoms with E-state index in [0.29, 0.717) is 26.1 Å². The van der Waals surface area contributed by atoms with Gasteiger partial charge >= 0.3 is 12.0 Å². The Bertz CT molecular complexity index is 364. The number of hydrogen-bond acceptors (Lipinski definition) is 4. The van der Waals surface area contributed by atoms with Crippen LogP contribution in [0, 0.1) is 0 Å². The number of likely N-dealkylation sites (tertiary alicyclic amines) is 1. The summed E-state index contributed by atoms with van der Waals surface area (Å²) >= 11 is 0. The zero-order valence-electron chi connectivity index (χ0n) is 11.9. The quantitative estimate of drug-likeness (QED) is 0.761. The Hall–Kier alpha value is -1.34. The molecule has 0 aromatic heterocycles. The number of piperidine rings is 1. The SMILES string of the molecule is CN1CCOC(CNC(=O)N2CCCCC2C(=O)O)C1. The molecule has 0 aromatic carbocycles. The number of aliphatic carboxylic acids is 1. The van der Waals surface area contributed by atoms with Gasteiger partial charge in [0.2, 0.25) is 0 Å². The van der Waals surface area contributed by atoms with E-state index in [-0.39, 0.29) is 12.1 Å². The van der Waals surface area contributed by atoms with Crippen molar-refractivity contribution in [3.05, 3.63) is 0 Å². The molecular formula is C13H23N3O4. The summed E-state index contributed by atoms with van der Waals surface area (Å²) in [5, 5.41) is 12.0. The molecular weight excluding hydrogens is 262 g/mol. The van der Waals surface area contributed by atoms with Gasteiger partial charge in [0.25, 0.3) is 0 Å². The van der Waals surface area contributed by atoms with Crippen molar-refractivity contribution in [3.8, 4) is 0 Å². The van der Waals surface area contributed by atoms with Crippen LogP contribution in [0.25, 0.3) is 0 Å². The number of rotatable bonds is 3. The summed E-state index contributed by atoms with van der Waals surface area (Å²) in [6.45, 7) is 3.28. The van der Waals surface area contributed by atoms with Gasteiger partial charge in [0, 0.05) is 26.2 Å². The van der Waals surface area contributed by atoms with Gasteiger partial charge < -0.3 is 25.0 Å². The van der Waals surface area contributed by atoms with E-state index in [1.54, 1.807) is 0 Å². The molecule has 0 aromatic rings. The molecule has 2 aliphatic heterocycles. The van der Waals surface area contributed by atoms with E-state index in [0.717, 1.165) is 25.9 Å². The molecule has 2 unspecified atom stereocenters. The second kappa shape index (κ2) is 6.90. The van der Waals surface area contributed by atoms with Crippen molar-refractivity contribution in [1.82, 2.24) is 15.1 Å². The highest BCUT2D eigenvalue weighted by Crippen LogP contribution is 2.17. The molecule has 2 saturated heterocycles. The van der Waals surface area contributed by atoms with E-state index < -0.39 is 12.0 Å². The fraction of sp³-hybridized carbons (Fsp3) is 0.846. The van der Waals surface area contributed by atoms with Crippen molar-refractivity contribution in [3.63, 3.8) is 0 Å². The third kappa shape index (κ3) is 3.83. The number of carboxylic acids is 1. The Kier molecular flexibility index (Phi) is 5.19. The maximum absolute atomic E-state index is 12.1. The van der Waals surface area contributed by atoms with Crippen molar-refractivity contribution < 1.29 is 19.4 Å². The maximum atomic E-state index is 12.1. The molecule has 114 valence electrons. The van der Waals surface area contributed by atoms with Gasteiger partial charge in [0.15, 0.2) is 0 Å². The lowest BCUT2D eigenvalue weighted by atomic mass is 10.0. The van der Waals surface area contributed by atoms with Crippen molar-refractivity contribution in [1.29, 1.82) is 0 Å². The number of hydrogen-bond donors (Lipinski definition) is 2. The molecule has 20 heavy (non-hydrogen) atoms. The van der Waals surface area contributed by atoms with Crippen LogP contribution in [0.1, 0.15) is 19.3 Å². The number of carboxylic acid groups (broad SMARTS) is 1. The number of nitrogens with zero attached hydrogens (tertiary/aromatic N) is 2. The largest absolute Gasteiger partial charge is 0.480 e. The highest BCUT2D eigenvalue weighted by Gasteiger charge is 2.32. The van der Waals surface area contributed by atoms with Crippen LogP contribution < -0.4 is 5.32 Å². The predicted octanol–water partition coefficient (Wildman–Crippen LogP) is -0.0343. The number of likely N-dealkylation sites (N-methyl/N-ethyl adjacent to an activating group) is 1. The highest BCUT2D eigenvalue weighted by molar-refractivity contribution is 5.82. The molecule has 7 nitrogen and oxygen atoms in total. The first-order chi connectivity index (χ1) is 9.58. The summed E-state index contributed by atoms with van der Waals surface area (Å²) in [4.78, 5) is 26.9. The number of morpholine rings is 1. The number of nitrogens with one attached hydrogen (secondary N) is 1. The first-order valence-corrected chi connectivity index (χ1v) is 7.15. The van der Waals surface area contributed by atoms with Gasteiger partial charge in [0.1, 0.15) is 6.04 Å². The highest BCUT2D eigenvalue weighted by atomic mass is 16.5. The molecule has 2 aliphatic rings. The van der Waals surface area contributed by atoms with Crippen LogP contribution in [0.3, 0.4) is 0 Å². The molecule has 7 heteroatoms. The van der Waals surface area contributed by atoms with Gasteiger partial charge in [0.05, 0.1) is 12.7 Å². The summed E-state index contributed by atoms with van der Waals surface area (Å²) in [5.74, 6) is -0.923. The fourth-order valence-corrected chi connectivity index (χ4v) is 2.72. The van der Waals surface area contributed by atoms with E-state index >= 15 is 0 Å². The van der Waals surface area contributed by atoms with Crippen LogP contribution in [0.15, 0.2) is 0 Å². The minimum atomic E-state index is -0.923. The average molecular weight is 285 g/mol. The van der Waals surface area contributed by atoms with Crippen molar-refractivity contribution in [2.24, 2.45) is 0 Å². The molecule has 0 spiro atoms. The Morgan fingerprint density at radius 2 is 2.15 bits per heavy atom. The molecule has 2 rings (SSSR count). The van der Waals surface area contributed by atoms with Crippen molar-refractivity contribution in [2.75, 3.05) is 39.8 Å². The lowest BCUT2D eigenvalue weighted by molar-refractivity contribution is -0.143. The summed E-state index contributed by atoms with van der Waals surface area (Å²) in [5.41, 5.74) is 0. The minimum absolute atomic E-state index is 0.0224. The van der Waals surface area contributed by atoms with Gasteiger partial charge in [-0.2, -0.15) is 0 Å². The third-order valence-electron chi connectivity index (χ3n) is 3.87. The minimum Gasteiger partial charge on any atom is -0.480 e. The first-order valence-electron chi connectivity index (χ1n) is 7.15. The fourth-order valence-electron chi connectivity index (χ4n) is 2.72. The Balaban J connectivity index is 1.82. The molecule has 2 amide bonds. The molecule has 2 atom stereocenters. The third-order valence-corrected chi connectivity index (χ3v) is 3.87. The van der Waals surface area contributed by atoms with Crippen LogP contribution in [0.5, 0.6) is 0 Å². The van der Waals surface area contributed by atoms with Crippen molar-refractivity contribution >= 4 is 12.0 Å². The van der Waals surface area contributed by atoms with E-state index in [9.17, 15) is 9.59 Å². The molecule has 0 radical (unpaired) electrons. The molecule has 2 N–H and O–H groups in total. The summed E-state index contributed by atoms with van der Waals surface area (Å²) in [6.07, 6.45) is 2.23. The van der Waals surface area contributed by atoms with Crippen LogP contribution in [0.4, 0.5) is 4.79 Å². The monoisotopic (exact) mass is 285 g/mol. The zero-order chi connectivity index (χ0) is 14.5. The smallest absolute Gasteiger partial charge is 0.326 e. The number of amides is 2. The predicted molar refractivity (Wildman–Crippen MR) is 72.6 cm³/mol. The number of urea groups is 1. The number of carbonyl (C=O) groups is 2. The number of ether oxygens (including phenoxy) is 1. The van der Waals surface area contributed by atoms with Crippen LogP contribution in [-0.4, -0.2) is 78.9 Å². The standard InChI is InChI=1S/C13H23N3O4/c1-15-6-7-20-10(9-15)8-14-13(19)16-5-3-2-4-11(16)12(17)18/h10-11H,2-9H2,1H3,(H,14,19)(H,17,18). The van der Waals surface area contributed by atoms with Gasteiger partial charge in [-0.15, -0.1) is 0 Å². The van der Waals surface area contributed by atoms with Gasteiger partial charge in [-0.1, -0.05) is 0 Å². The van der Waals surface area contributed by atoms with Gasteiger partial charge in [-0.3, -0.25) is 0 Å². The molecule has 2 fully saturated rings. The normalized spacial score (nSPS) is 28.1. The average Bonchev–Trinajstić information content (AvgIpc) is 2.45. The first kappa shape index (κ1) is 15.1. The van der Waals surface area contributed by atoms with Crippen molar-refractivity contribution in [2.45, 2.75) is 31.4 Å². The molecule has 0 bridgehead atoms. The maximum Gasteiger partial charge on any atom is 0.326 e. The lowest BCUT2D eigenvalue weighted by Crippen LogP contribution is -2.54. The lowest BCUT2D eigenvalue weighted by Gasteiger charge is -2.34. The van der Waals surface area contributed by atoms with Gasteiger partial charge in [-0.25, -0.2) is 9.59 Å². The molecule has 2 heterocycles. The summed E-state index contributed by atoms with van der Waals surface area (Å²) in [7, 11) is 2.02. The second-order valence-corrected chi connectivity index (χ2v) is 5.48. The van der Waals surface area contributed by atoms with E-state index in [1.165, 1.54) is 4.90 Å². The Labute approximate surface area is 118 Å². The Morgan fingerprint density at radius 1 is 1.35 bits per heavy atom. The van der Waals surface area contributed by atoms with E-state index in [2.05, 4.69) is 10.2 Å². The number of carbonyl (C=O) groups excluding carboxylic acids is 1. The van der Waals surface area contributed by atoms with Crippen LogP contribution in [0.2, 0.25) is 0 Å². The van der Waals surface area contributed by atoms with Gasteiger partial charge in [-0.05, 0) is 26.3 Å². The Morgan fingerprint density at radius 3 is 2.85 bits per heavy atom. The molecule has 0 saturated carbocycles. The van der Waals surface area contributed by atoms with E-state index in [1.807, 2.05) is 7.05 Å². The summed E-state index contributed by atoms with van der Waals surface area (Å²) < 4.78 is 5.57. The zero-order valence-corrected chi connectivity index (χ0v) is 11.9. The second-order valence-electron chi connectivity index (χ2n) is 5.48. The van der Waals surface area contributed by atoms with Crippen LogP contribution >= 0.6 is 0 Å².